The molecule has 0 saturated carbocycles. The molecule has 70 valence electrons. The zero-order valence-electron chi connectivity index (χ0n) is 8.18. The number of carbonyl (C=O) groups is 1. The summed E-state index contributed by atoms with van der Waals surface area (Å²) in [4.78, 5) is 11.2. The van der Waals surface area contributed by atoms with Crippen molar-refractivity contribution >= 4 is 5.91 Å². The molecule has 0 fully saturated rings. The SMILES string of the molecule is C=C(CCC)C(=O)NN(C)CC. The van der Waals surface area contributed by atoms with Crippen LogP contribution in [0.5, 0.6) is 0 Å². The predicted molar refractivity (Wildman–Crippen MR) is 50.5 cm³/mol. The molecule has 3 heteroatoms. The van der Waals surface area contributed by atoms with E-state index < -0.39 is 0 Å². The molecular weight excluding hydrogens is 152 g/mol. The van der Waals surface area contributed by atoms with Crippen molar-refractivity contribution in [2.75, 3.05) is 13.6 Å². The quantitative estimate of drug-likeness (QED) is 0.498. The van der Waals surface area contributed by atoms with E-state index in [4.69, 9.17) is 0 Å². The van der Waals surface area contributed by atoms with Crippen molar-refractivity contribution in [2.24, 2.45) is 0 Å². The van der Waals surface area contributed by atoms with Crippen LogP contribution in [0.15, 0.2) is 12.2 Å². The molecular formula is C9H18N2O. The minimum Gasteiger partial charge on any atom is -0.285 e. The minimum absolute atomic E-state index is 0.0683. The van der Waals surface area contributed by atoms with Crippen LogP contribution in [0.25, 0.3) is 0 Å². The van der Waals surface area contributed by atoms with Crippen LogP contribution in [-0.2, 0) is 4.79 Å². The second-order valence-corrected chi connectivity index (χ2v) is 2.81. The smallest absolute Gasteiger partial charge is 0.260 e. The largest absolute Gasteiger partial charge is 0.285 e. The summed E-state index contributed by atoms with van der Waals surface area (Å²) in [5.74, 6) is -0.0683. The van der Waals surface area contributed by atoms with Gasteiger partial charge in [0, 0.05) is 19.2 Å². The fraction of sp³-hybridized carbons (Fsp3) is 0.667. The number of amides is 1. The van der Waals surface area contributed by atoms with Gasteiger partial charge in [-0.2, -0.15) is 0 Å². The summed E-state index contributed by atoms with van der Waals surface area (Å²) in [7, 11) is 1.83. The van der Waals surface area contributed by atoms with E-state index in [0.29, 0.717) is 5.57 Å². The van der Waals surface area contributed by atoms with Gasteiger partial charge in [0.2, 0.25) is 0 Å². The zero-order valence-corrected chi connectivity index (χ0v) is 8.18. The van der Waals surface area contributed by atoms with E-state index in [1.807, 2.05) is 20.9 Å². The predicted octanol–water partition coefficient (Wildman–Crippen LogP) is 1.33. The molecule has 0 aromatic carbocycles. The molecule has 0 aliphatic carbocycles. The van der Waals surface area contributed by atoms with E-state index in [-0.39, 0.29) is 5.91 Å². The van der Waals surface area contributed by atoms with E-state index in [1.54, 1.807) is 5.01 Å². The van der Waals surface area contributed by atoms with Crippen molar-refractivity contribution in [3.8, 4) is 0 Å². The Morgan fingerprint density at radius 3 is 2.50 bits per heavy atom. The van der Waals surface area contributed by atoms with Crippen LogP contribution in [-0.4, -0.2) is 24.5 Å². The summed E-state index contributed by atoms with van der Waals surface area (Å²) in [6.45, 7) is 8.49. The average molecular weight is 170 g/mol. The Morgan fingerprint density at radius 1 is 1.50 bits per heavy atom. The molecule has 0 atom stereocenters. The van der Waals surface area contributed by atoms with E-state index in [2.05, 4.69) is 12.0 Å². The number of hydrogen-bond donors (Lipinski definition) is 1. The highest BCUT2D eigenvalue weighted by Gasteiger charge is 2.06. The molecule has 1 N–H and O–H groups in total. The zero-order chi connectivity index (χ0) is 9.56. The molecule has 1 amide bonds. The third kappa shape index (κ3) is 4.13. The van der Waals surface area contributed by atoms with E-state index in [0.717, 1.165) is 19.4 Å². The topological polar surface area (TPSA) is 32.3 Å². The number of hydrogen-bond acceptors (Lipinski definition) is 2. The van der Waals surface area contributed by atoms with Crippen LogP contribution < -0.4 is 5.43 Å². The first-order valence-corrected chi connectivity index (χ1v) is 4.31. The highest BCUT2D eigenvalue weighted by Crippen LogP contribution is 2.00. The van der Waals surface area contributed by atoms with Crippen molar-refractivity contribution in [1.29, 1.82) is 0 Å². The normalized spacial score (nSPS) is 10.0. The molecule has 0 radical (unpaired) electrons. The first-order chi connectivity index (χ1) is 5.61. The highest BCUT2D eigenvalue weighted by atomic mass is 16.2. The maximum atomic E-state index is 11.2. The fourth-order valence-electron chi connectivity index (χ4n) is 0.747. The van der Waals surface area contributed by atoms with Crippen LogP contribution >= 0.6 is 0 Å². The van der Waals surface area contributed by atoms with Gasteiger partial charge in [-0.05, 0) is 6.42 Å². The number of nitrogens with zero attached hydrogens (tertiary/aromatic N) is 1. The molecule has 0 heterocycles. The van der Waals surface area contributed by atoms with E-state index in [1.165, 1.54) is 0 Å². The second-order valence-electron chi connectivity index (χ2n) is 2.81. The average Bonchev–Trinajstić information content (AvgIpc) is 2.04. The number of nitrogens with one attached hydrogen (secondary N) is 1. The first-order valence-electron chi connectivity index (χ1n) is 4.31. The molecule has 3 nitrogen and oxygen atoms in total. The van der Waals surface area contributed by atoms with Gasteiger partial charge in [-0.1, -0.05) is 26.8 Å². The van der Waals surface area contributed by atoms with Gasteiger partial charge in [-0.25, -0.2) is 5.01 Å². The van der Waals surface area contributed by atoms with Gasteiger partial charge in [-0.15, -0.1) is 0 Å². The fourth-order valence-corrected chi connectivity index (χ4v) is 0.747. The number of hydrazine groups is 1. The van der Waals surface area contributed by atoms with Crippen molar-refractivity contribution in [2.45, 2.75) is 26.7 Å². The summed E-state index contributed by atoms with van der Waals surface area (Å²) in [5.41, 5.74) is 3.36. The Balaban J connectivity index is 3.79. The van der Waals surface area contributed by atoms with Crippen LogP contribution in [0, 0.1) is 0 Å². The van der Waals surface area contributed by atoms with Gasteiger partial charge in [0.15, 0.2) is 0 Å². The maximum Gasteiger partial charge on any atom is 0.260 e. The maximum absolute atomic E-state index is 11.2. The van der Waals surface area contributed by atoms with Gasteiger partial charge < -0.3 is 0 Å². The van der Waals surface area contributed by atoms with Crippen molar-refractivity contribution in [3.63, 3.8) is 0 Å². The van der Waals surface area contributed by atoms with Crippen LogP contribution in [0.2, 0.25) is 0 Å². The van der Waals surface area contributed by atoms with Crippen LogP contribution in [0.4, 0.5) is 0 Å². The molecule has 0 spiro atoms. The summed E-state index contributed by atoms with van der Waals surface area (Å²) in [6, 6.07) is 0. The first kappa shape index (κ1) is 11.2. The molecule has 0 aliphatic rings. The lowest BCUT2D eigenvalue weighted by Crippen LogP contribution is -2.39. The lowest BCUT2D eigenvalue weighted by molar-refractivity contribution is -0.121. The Hall–Kier alpha value is -0.830. The third-order valence-corrected chi connectivity index (χ3v) is 1.64. The van der Waals surface area contributed by atoms with E-state index >= 15 is 0 Å². The summed E-state index contributed by atoms with van der Waals surface area (Å²) >= 11 is 0. The molecule has 0 aromatic rings. The summed E-state index contributed by atoms with van der Waals surface area (Å²) in [5, 5.41) is 1.74. The van der Waals surface area contributed by atoms with Gasteiger partial charge in [0.05, 0.1) is 0 Å². The molecule has 0 saturated heterocycles. The molecule has 0 bridgehead atoms. The summed E-state index contributed by atoms with van der Waals surface area (Å²) < 4.78 is 0. The standard InChI is InChI=1S/C9H18N2O/c1-5-7-8(3)9(12)10-11(4)6-2/h3,5-7H2,1-2,4H3,(H,10,12). The lowest BCUT2D eigenvalue weighted by Gasteiger charge is -2.16. The van der Waals surface area contributed by atoms with Crippen LogP contribution in [0.1, 0.15) is 26.7 Å². The monoisotopic (exact) mass is 170 g/mol. The molecule has 12 heavy (non-hydrogen) atoms. The lowest BCUT2D eigenvalue weighted by atomic mass is 10.2. The van der Waals surface area contributed by atoms with Crippen LogP contribution in [0.3, 0.4) is 0 Å². The van der Waals surface area contributed by atoms with Crippen molar-refractivity contribution < 1.29 is 4.79 Å². The molecule has 0 aromatic heterocycles. The van der Waals surface area contributed by atoms with Crippen molar-refractivity contribution in [3.05, 3.63) is 12.2 Å². The Kier molecular flexibility index (Phi) is 5.37. The molecule has 0 aliphatic heterocycles. The Bertz CT molecular complexity index is 166. The van der Waals surface area contributed by atoms with E-state index in [9.17, 15) is 4.79 Å². The third-order valence-electron chi connectivity index (χ3n) is 1.64. The number of rotatable bonds is 5. The van der Waals surface area contributed by atoms with Gasteiger partial charge >= 0.3 is 0 Å². The Labute approximate surface area is 74.4 Å². The highest BCUT2D eigenvalue weighted by molar-refractivity contribution is 5.92. The molecule has 0 rings (SSSR count). The molecule has 0 unspecified atom stereocenters. The minimum atomic E-state index is -0.0683. The summed E-state index contributed by atoms with van der Waals surface area (Å²) in [6.07, 6.45) is 1.73. The Morgan fingerprint density at radius 2 is 2.08 bits per heavy atom. The second kappa shape index (κ2) is 5.77. The van der Waals surface area contributed by atoms with Crippen molar-refractivity contribution in [1.82, 2.24) is 10.4 Å². The van der Waals surface area contributed by atoms with Gasteiger partial charge in [-0.3, -0.25) is 10.2 Å². The van der Waals surface area contributed by atoms with Gasteiger partial charge in [0.25, 0.3) is 5.91 Å². The number of carbonyl (C=O) groups excluding carboxylic acids is 1. The van der Waals surface area contributed by atoms with Gasteiger partial charge in [0.1, 0.15) is 0 Å².